The Hall–Kier alpha value is -3.00. The molecule has 0 bridgehead atoms. The molecule has 1 saturated heterocycles. The quantitative estimate of drug-likeness (QED) is 0.501. The second-order valence-electron chi connectivity index (χ2n) is 7.42. The van der Waals surface area contributed by atoms with Crippen LogP contribution in [-0.4, -0.2) is 42.4 Å². The van der Waals surface area contributed by atoms with Crippen molar-refractivity contribution in [1.29, 1.82) is 0 Å². The van der Waals surface area contributed by atoms with Crippen LogP contribution < -0.4 is 9.54 Å². The number of hydrogen-bond acceptors (Lipinski definition) is 5. The zero-order chi connectivity index (χ0) is 23.6. The predicted octanol–water partition coefficient (Wildman–Crippen LogP) is 3.15. The molecule has 33 heavy (non-hydrogen) atoms. The molecular formula is C23H22FN3O4S2. The van der Waals surface area contributed by atoms with Crippen molar-refractivity contribution in [3.63, 3.8) is 0 Å². The molecule has 0 radical (unpaired) electrons. The van der Waals surface area contributed by atoms with E-state index in [0.29, 0.717) is 30.0 Å². The van der Waals surface area contributed by atoms with Crippen LogP contribution in [0.5, 0.6) is 5.75 Å². The highest BCUT2D eigenvalue weighted by atomic mass is 32.2. The molecule has 3 aromatic rings. The first-order chi connectivity index (χ1) is 15.8. The molecule has 172 valence electrons. The number of terminal acetylenes is 1. The summed E-state index contributed by atoms with van der Waals surface area (Å²) in [5.74, 6) is 2.18. The van der Waals surface area contributed by atoms with Crippen LogP contribution in [-0.2, 0) is 21.4 Å². The Kier molecular flexibility index (Phi) is 6.65. The maximum absolute atomic E-state index is 13.3. The number of amides is 1. The largest absolute Gasteiger partial charge is 0.494 e. The van der Waals surface area contributed by atoms with E-state index in [4.69, 9.17) is 11.2 Å². The zero-order valence-electron chi connectivity index (χ0n) is 17.9. The predicted molar refractivity (Wildman–Crippen MR) is 124 cm³/mol. The highest BCUT2D eigenvalue weighted by Gasteiger charge is 2.39. The topological polar surface area (TPSA) is 81.0 Å². The lowest BCUT2D eigenvalue weighted by Crippen LogP contribution is -2.40. The van der Waals surface area contributed by atoms with E-state index in [2.05, 4.69) is 10.9 Å². The van der Waals surface area contributed by atoms with Crippen LogP contribution in [0, 0.1) is 18.2 Å². The van der Waals surface area contributed by atoms with Crippen LogP contribution in [0.4, 0.5) is 4.39 Å². The summed E-state index contributed by atoms with van der Waals surface area (Å²) in [6.45, 7) is 2.82. The number of ether oxygens (including phenoxy) is 1. The third-order valence-corrected chi connectivity index (χ3v) is 8.29. The first-order valence-corrected chi connectivity index (χ1v) is 12.7. The molecular weight excluding hydrogens is 465 g/mol. The number of fused-ring (bicyclic) bond motifs is 1. The van der Waals surface area contributed by atoms with Crippen LogP contribution in [0.3, 0.4) is 0 Å². The van der Waals surface area contributed by atoms with Crippen molar-refractivity contribution in [1.82, 2.24) is 8.87 Å². The summed E-state index contributed by atoms with van der Waals surface area (Å²) >= 11 is 1.29. The number of carbonyl (C=O) groups is 1. The van der Waals surface area contributed by atoms with Crippen LogP contribution in [0.1, 0.15) is 19.8 Å². The van der Waals surface area contributed by atoms with Gasteiger partial charge in [-0.25, -0.2) is 12.8 Å². The van der Waals surface area contributed by atoms with Gasteiger partial charge in [0.15, 0.2) is 4.80 Å². The Morgan fingerprint density at radius 1 is 1.30 bits per heavy atom. The summed E-state index contributed by atoms with van der Waals surface area (Å²) in [6.07, 6.45) is 6.42. The Labute approximate surface area is 195 Å². The van der Waals surface area contributed by atoms with Gasteiger partial charge < -0.3 is 9.30 Å². The molecule has 1 unspecified atom stereocenters. The summed E-state index contributed by atoms with van der Waals surface area (Å²) in [5.41, 5.74) is 0.815. The number of carbonyl (C=O) groups excluding carboxylic acids is 1. The van der Waals surface area contributed by atoms with Crippen LogP contribution >= 0.6 is 11.3 Å². The molecule has 2 aromatic carbocycles. The van der Waals surface area contributed by atoms with Gasteiger partial charge >= 0.3 is 0 Å². The fourth-order valence-electron chi connectivity index (χ4n) is 3.82. The van der Waals surface area contributed by atoms with Crippen molar-refractivity contribution in [2.75, 3.05) is 13.2 Å². The maximum atomic E-state index is 13.3. The van der Waals surface area contributed by atoms with Crippen LogP contribution in [0.25, 0.3) is 10.2 Å². The first-order valence-electron chi connectivity index (χ1n) is 10.4. The Bertz CT molecular complexity index is 1400. The highest BCUT2D eigenvalue weighted by molar-refractivity contribution is 7.89. The number of rotatable bonds is 6. The molecule has 1 atom stereocenters. The number of nitrogens with zero attached hydrogens (tertiary/aromatic N) is 3. The highest BCUT2D eigenvalue weighted by Crippen LogP contribution is 2.28. The second-order valence-corrected chi connectivity index (χ2v) is 10.3. The normalized spacial score (nSPS) is 17.4. The minimum atomic E-state index is -3.97. The zero-order valence-corrected chi connectivity index (χ0v) is 19.5. The molecule has 0 N–H and O–H groups in total. The second kappa shape index (κ2) is 9.47. The fourth-order valence-corrected chi connectivity index (χ4v) is 6.54. The summed E-state index contributed by atoms with van der Waals surface area (Å²) < 4.78 is 48.7. The first kappa shape index (κ1) is 23.2. The molecule has 1 amide bonds. The third-order valence-electron chi connectivity index (χ3n) is 5.33. The third kappa shape index (κ3) is 4.57. The van der Waals surface area contributed by atoms with E-state index in [1.54, 1.807) is 4.57 Å². The Morgan fingerprint density at radius 3 is 2.76 bits per heavy atom. The average Bonchev–Trinajstić information content (AvgIpc) is 3.40. The van der Waals surface area contributed by atoms with E-state index in [-0.39, 0.29) is 18.0 Å². The van der Waals surface area contributed by atoms with Gasteiger partial charge in [0.05, 0.1) is 28.3 Å². The molecule has 0 aliphatic carbocycles. The summed E-state index contributed by atoms with van der Waals surface area (Å²) in [5, 5.41) is 0. The Morgan fingerprint density at radius 2 is 2.06 bits per heavy atom. The molecule has 10 heteroatoms. The number of sulfonamides is 1. The lowest BCUT2D eigenvalue weighted by molar-refractivity contribution is -0.121. The van der Waals surface area contributed by atoms with Crippen molar-refractivity contribution in [3.05, 3.63) is 53.1 Å². The fraction of sp³-hybridized carbons (Fsp3) is 0.304. The van der Waals surface area contributed by atoms with Crippen molar-refractivity contribution in [2.45, 2.75) is 37.2 Å². The standard InChI is InChI=1S/C23H22FN3O4S2/c1-3-13-26-19-12-9-17(31-4-2)15-21(19)32-23(26)25-22(28)20-6-5-14-27(20)33(29,30)18-10-7-16(24)8-11-18/h1,7-12,15,20H,4-6,13-14H2,2H3. The van der Waals surface area contributed by atoms with Gasteiger partial charge in [-0.05, 0) is 62.2 Å². The van der Waals surface area contributed by atoms with Crippen LogP contribution in [0.15, 0.2) is 52.4 Å². The van der Waals surface area contributed by atoms with Gasteiger partial charge in [-0.1, -0.05) is 17.3 Å². The lowest BCUT2D eigenvalue weighted by Gasteiger charge is -2.21. The minimum absolute atomic E-state index is 0.0590. The molecule has 1 aliphatic heterocycles. The molecule has 1 fully saturated rings. The van der Waals surface area contributed by atoms with Gasteiger partial charge in [-0.2, -0.15) is 9.30 Å². The number of halogens is 1. The molecule has 1 aromatic heterocycles. The van der Waals surface area contributed by atoms with Crippen LogP contribution in [0.2, 0.25) is 0 Å². The van der Waals surface area contributed by atoms with E-state index < -0.39 is 27.8 Å². The molecule has 0 saturated carbocycles. The van der Waals surface area contributed by atoms with Gasteiger partial charge in [-0.3, -0.25) is 4.79 Å². The summed E-state index contributed by atoms with van der Waals surface area (Å²) in [6, 6.07) is 9.18. The van der Waals surface area contributed by atoms with Crippen molar-refractivity contribution in [3.8, 4) is 18.1 Å². The lowest BCUT2D eigenvalue weighted by atomic mass is 10.2. The average molecular weight is 488 g/mol. The number of aromatic nitrogens is 1. The van der Waals surface area contributed by atoms with Gasteiger partial charge in [-0.15, -0.1) is 6.42 Å². The van der Waals surface area contributed by atoms with Gasteiger partial charge in [0.2, 0.25) is 10.0 Å². The monoisotopic (exact) mass is 487 g/mol. The van der Waals surface area contributed by atoms with E-state index in [0.717, 1.165) is 26.7 Å². The molecule has 0 spiro atoms. The van der Waals surface area contributed by atoms with E-state index in [1.807, 2.05) is 25.1 Å². The summed E-state index contributed by atoms with van der Waals surface area (Å²) in [4.78, 5) is 17.8. The maximum Gasteiger partial charge on any atom is 0.266 e. The van der Waals surface area contributed by atoms with Gasteiger partial charge in [0.1, 0.15) is 17.6 Å². The van der Waals surface area contributed by atoms with Crippen molar-refractivity contribution in [2.24, 2.45) is 4.99 Å². The minimum Gasteiger partial charge on any atom is -0.494 e. The van der Waals surface area contributed by atoms with Gasteiger partial charge in [0.25, 0.3) is 5.91 Å². The van der Waals surface area contributed by atoms with E-state index in [1.165, 1.54) is 23.5 Å². The molecule has 4 rings (SSSR count). The number of hydrogen-bond donors (Lipinski definition) is 0. The van der Waals surface area contributed by atoms with Crippen molar-refractivity contribution >= 4 is 37.5 Å². The molecule has 2 heterocycles. The summed E-state index contributed by atoms with van der Waals surface area (Å²) in [7, 11) is -3.97. The van der Waals surface area contributed by atoms with E-state index >= 15 is 0 Å². The number of benzene rings is 2. The van der Waals surface area contributed by atoms with Gasteiger partial charge in [0, 0.05) is 6.54 Å². The molecule has 1 aliphatic rings. The Balaban J connectivity index is 1.71. The smallest absolute Gasteiger partial charge is 0.266 e. The SMILES string of the molecule is C#CCn1c(=NC(=O)C2CCCN2S(=O)(=O)c2ccc(F)cc2)sc2cc(OCC)ccc21. The van der Waals surface area contributed by atoms with E-state index in [9.17, 15) is 17.6 Å². The number of thiazole rings is 1. The molecule has 7 nitrogen and oxygen atoms in total. The van der Waals surface area contributed by atoms with Crippen molar-refractivity contribution < 1.29 is 22.3 Å².